The number of rotatable bonds is 7. The van der Waals surface area contributed by atoms with Crippen molar-refractivity contribution in [3.63, 3.8) is 0 Å². The highest BCUT2D eigenvalue weighted by Crippen LogP contribution is 2.41. The van der Waals surface area contributed by atoms with Crippen LogP contribution in [-0.2, 0) is 19.1 Å². The van der Waals surface area contributed by atoms with Crippen molar-refractivity contribution in [1.82, 2.24) is 14.8 Å². The number of carboxylic acid groups (broad SMARTS) is 3. The summed E-state index contributed by atoms with van der Waals surface area (Å²) in [5.41, 5.74) is 3.61. The normalized spacial score (nSPS) is 21.8. The molecule has 0 bridgehead atoms. The number of thioether (sulfide) groups is 1. The van der Waals surface area contributed by atoms with E-state index in [1.165, 1.54) is 21.2 Å². The topological polar surface area (TPSA) is 222 Å². The molecular formula is C28H26F5N5O10S. The number of anilines is 1. The Morgan fingerprint density at radius 3 is 2.29 bits per heavy atom. The summed E-state index contributed by atoms with van der Waals surface area (Å²) in [6, 6.07) is -0.712. The van der Waals surface area contributed by atoms with Crippen molar-refractivity contribution < 1.29 is 66.0 Å². The first-order valence-electron chi connectivity index (χ1n) is 14.4. The summed E-state index contributed by atoms with van der Waals surface area (Å²) in [5, 5.41) is 27.9. The molecular weight excluding hydrogens is 693 g/mol. The lowest BCUT2D eigenvalue weighted by Gasteiger charge is -2.47. The van der Waals surface area contributed by atoms with Gasteiger partial charge in [-0.25, -0.2) is 28.0 Å². The third-order valence-electron chi connectivity index (χ3n) is 8.09. The molecule has 4 aliphatic rings. The van der Waals surface area contributed by atoms with E-state index >= 15 is 8.78 Å². The predicted molar refractivity (Wildman–Crippen MR) is 158 cm³/mol. The van der Waals surface area contributed by atoms with Gasteiger partial charge in [0.1, 0.15) is 40.8 Å². The van der Waals surface area contributed by atoms with Crippen LogP contribution in [0.2, 0.25) is 0 Å². The summed E-state index contributed by atoms with van der Waals surface area (Å²) in [6.07, 6.45) is -3.23. The van der Waals surface area contributed by atoms with Gasteiger partial charge in [0.2, 0.25) is 11.3 Å². The van der Waals surface area contributed by atoms with Crippen LogP contribution < -0.4 is 21.4 Å². The molecule has 15 nitrogen and oxygen atoms in total. The summed E-state index contributed by atoms with van der Waals surface area (Å²) >= 11 is 1.27. The third-order valence-corrected chi connectivity index (χ3v) is 9.45. The number of nitrogens with two attached hydrogens (primary N) is 1. The van der Waals surface area contributed by atoms with Crippen LogP contribution in [0.1, 0.15) is 35.7 Å². The minimum absolute atomic E-state index is 0.0100. The molecule has 2 amide bonds. The Morgan fingerprint density at radius 2 is 1.71 bits per heavy atom. The first-order chi connectivity index (χ1) is 22.9. The van der Waals surface area contributed by atoms with E-state index in [1.54, 1.807) is 0 Å². The molecule has 0 unspecified atom stereocenters. The number of nitrogens with one attached hydrogen (secondary N) is 1. The predicted octanol–water partition coefficient (Wildman–Crippen LogP) is 1.83. The number of aromatic carboxylic acids is 1. The van der Waals surface area contributed by atoms with Crippen LogP contribution in [0.4, 0.5) is 32.4 Å². The number of β-lactam (4-membered cyclic amide) rings is 1. The Bertz CT molecular complexity index is 1860. The largest absolute Gasteiger partial charge is 0.490 e. The summed E-state index contributed by atoms with van der Waals surface area (Å²) in [5.74, 6) is -7.93. The number of carboxylic acids is 3. The van der Waals surface area contributed by atoms with Crippen LogP contribution >= 0.6 is 11.8 Å². The number of fused-ring (bicyclic) bond motifs is 2. The fourth-order valence-electron chi connectivity index (χ4n) is 5.65. The molecule has 0 spiro atoms. The van der Waals surface area contributed by atoms with E-state index < -0.39 is 76.2 Å². The maximum Gasteiger partial charge on any atom is 0.490 e. The molecule has 1 aliphatic carbocycles. The standard InChI is InChI=1S/C26H25F2N5O8S.C2HF3O2/c27-15-5-13-19(32(12-1-2-12)7-14(21(13)34)24(36)37)16(28)20(15)31-4-3-11(6-31)30-26(40)41-8-10-9-42-23-17(29)22(35)33(23)18(10)25(38)39;3-2(4,5)1(6)7/h5,7,11-12,17,23H,1-4,6,8-9,29H2,(H,30,40)(H,36,37)(H,38,39);(H,6,7)/t11-,17-,23-;/m1./s1. The second-order valence-corrected chi connectivity index (χ2v) is 12.5. The average molecular weight is 720 g/mol. The van der Waals surface area contributed by atoms with Gasteiger partial charge in [0, 0.05) is 36.7 Å². The zero-order valence-electron chi connectivity index (χ0n) is 24.8. The van der Waals surface area contributed by atoms with Gasteiger partial charge in [-0.3, -0.25) is 14.5 Å². The van der Waals surface area contributed by atoms with E-state index in [0.29, 0.717) is 19.3 Å². The highest BCUT2D eigenvalue weighted by Gasteiger charge is 2.52. The zero-order valence-corrected chi connectivity index (χ0v) is 25.6. The number of nitrogens with zero attached hydrogens (tertiary/aromatic N) is 3. The molecule has 2 saturated heterocycles. The number of amides is 2. The van der Waals surface area contributed by atoms with Crippen LogP contribution in [0.3, 0.4) is 0 Å². The molecule has 6 N–H and O–H groups in total. The van der Waals surface area contributed by atoms with Crippen LogP contribution in [-0.4, -0.2) is 104 Å². The molecule has 3 aliphatic heterocycles. The first kappa shape index (κ1) is 35.4. The van der Waals surface area contributed by atoms with Crippen LogP contribution in [0.5, 0.6) is 0 Å². The lowest BCUT2D eigenvalue weighted by Crippen LogP contribution is -2.68. The fraction of sp³-hybridized carbons (Fsp3) is 0.429. The number of aliphatic carboxylic acids is 2. The molecule has 3 fully saturated rings. The van der Waals surface area contributed by atoms with E-state index in [0.717, 1.165) is 17.2 Å². The minimum atomic E-state index is -5.08. The monoisotopic (exact) mass is 719 g/mol. The molecule has 6 rings (SSSR count). The zero-order chi connectivity index (χ0) is 36.1. The van der Waals surface area contributed by atoms with Gasteiger partial charge >= 0.3 is 30.2 Å². The number of pyridine rings is 1. The number of carbonyl (C=O) groups excluding carboxylic acids is 2. The molecule has 1 aromatic carbocycles. The molecule has 1 aromatic heterocycles. The van der Waals surface area contributed by atoms with Crippen LogP contribution in [0.25, 0.3) is 10.9 Å². The smallest absolute Gasteiger partial charge is 0.477 e. The Labute approximate surface area is 275 Å². The maximum absolute atomic E-state index is 15.9. The Hall–Kier alpha value is -4.92. The van der Waals surface area contributed by atoms with Crippen molar-refractivity contribution in [2.75, 3.05) is 30.3 Å². The van der Waals surface area contributed by atoms with Crippen molar-refractivity contribution in [3.05, 3.63) is 51.0 Å². The number of hydrogen-bond acceptors (Lipinski definition) is 10. The number of halogens is 5. The second kappa shape index (κ2) is 13.2. The third kappa shape index (κ3) is 6.84. The van der Waals surface area contributed by atoms with E-state index in [2.05, 4.69) is 5.32 Å². The fourth-order valence-corrected chi connectivity index (χ4v) is 6.92. The number of alkyl halides is 3. The van der Waals surface area contributed by atoms with Crippen molar-refractivity contribution in [2.45, 2.75) is 48.9 Å². The summed E-state index contributed by atoms with van der Waals surface area (Å²) in [6.45, 7) is -0.210. The summed E-state index contributed by atoms with van der Waals surface area (Å²) in [4.78, 5) is 72.1. The van der Waals surface area contributed by atoms with E-state index in [9.17, 15) is 47.4 Å². The van der Waals surface area contributed by atoms with E-state index in [1.807, 2.05) is 0 Å². The molecule has 3 atom stereocenters. The minimum Gasteiger partial charge on any atom is -0.477 e. The van der Waals surface area contributed by atoms with E-state index in [4.69, 9.17) is 20.4 Å². The highest BCUT2D eigenvalue weighted by atomic mass is 32.2. The van der Waals surface area contributed by atoms with Crippen molar-refractivity contribution >= 4 is 58.3 Å². The Kier molecular flexibility index (Phi) is 9.52. The number of hydrogen-bond donors (Lipinski definition) is 5. The molecule has 4 heterocycles. The average Bonchev–Trinajstić information content (AvgIpc) is 3.78. The van der Waals surface area contributed by atoms with Gasteiger partial charge in [-0.15, -0.1) is 11.8 Å². The van der Waals surface area contributed by atoms with Crippen molar-refractivity contribution in [2.24, 2.45) is 5.73 Å². The van der Waals surface area contributed by atoms with E-state index in [-0.39, 0.29) is 59.4 Å². The summed E-state index contributed by atoms with van der Waals surface area (Å²) in [7, 11) is 0. The SMILES string of the molecule is N[C@@H]1C(=O)N2C(C(=O)O)=C(COC(=O)N[C@@H]3CCN(c4c(F)cc5c(=O)c(C(=O)O)cn(C6CC6)c5c4F)C3)CS[C@H]12.O=C(O)C(F)(F)F. The number of aromatic nitrogens is 1. The molecule has 21 heteroatoms. The lowest BCUT2D eigenvalue weighted by atomic mass is 10.0. The maximum atomic E-state index is 15.9. The molecule has 264 valence electrons. The van der Waals surface area contributed by atoms with Gasteiger partial charge < -0.3 is 40.6 Å². The van der Waals surface area contributed by atoms with Gasteiger partial charge in [-0.05, 0) is 25.3 Å². The van der Waals surface area contributed by atoms with Crippen molar-refractivity contribution in [3.8, 4) is 0 Å². The number of benzene rings is 1. The highest BCUT2D eigenvalue weighted by molar-refractivity contribution is 8.00. The Morgan fingerprint density at radius 1 is 1.06 bits per heavy atom. The van der Waals surface area contributed by atoms with Crippen LogP contribution in [0.15, 0.2) is 28.3 Å². The molecule has 2 aromatic rings. The number of alkyl carbamates (subject to hydrolysis) is 1. The van der Waals surface area contributed by atoms with Gasteiger partial charge in [0.25, 0.3) is 0 Å². The first-order valence-corrected chi connectivity index (χ1v) is 15.4. The number of carbonyl (C=O) groups is 5. The van der Waals surface area contributed by atoms with Gasteiger partial charge in [0.15, 0.2) is 5.82 Å². The van der Waals surface area contributed by atoms with Gasteiger partial charge in [-0.2, -0.15) is 13.2 Å². The van der Waals surface area contributed by atoms with Crippen molar-refractivity contribution in [1.29, 1.82) is 0 Å². The van der Waals surface area contributed by atoms with Gasteiger partial charge in [-0.1, -0.05) is 0 Å². The summed E-state index contributed by atoms with van der Waals surface area (Å²) < 4.78 is 69.5. The molecule has 1 saturated carbocycles. The quantitative estimate of drug-likeness (QED) is 0.204. The molecule has 0 radical (unpaired) electrons. The lowest BCUT2D eigenvalue weighted by molar-refractivity contribution is -0.192. The molecule has 49 heavy (non-hydrogen) atoms. The number of ether oxygens (including phenoxy) is 1. The Balaban J connectivity index is 0.000000606. The second-order valence-electron chi connectivity index (χ2n) is 11.4. The van der Waals surface area contributed by atoms with Gasteiger partial charge in [0.05, 0.1) is 16.9 Å². The van der Waals surface area contributed by atoms with Crippen LogP contribution in [0, 0.1) is 11.6 Å².